The first-order valence-corrected chi connectivity index (χ1v) is 6.18. The Morgan fingerprint density at radius 3 is 2.45 bits per heavy atom. The van der Waals surface area contributed by atoms with Gasteiger partial charge in [-0.2, -0.15) is 0 Å². The summed E-state index contributed by atoms with van der Waals surface area (Å²) in [6.07, 6.45) is -0.572. The number of anilines is 1. The van der Waals surface area contributed by atoms with Crippen LogP contribution < -0.4 is 15.8 Å². The van der Waals surface area contributed by atoms with Gasteiger partial charge in [0.2, 0.25) is 0 Å². The Kier molecular flexibility index (Phi) is 5.10. The fourth-order valence-electron chi connectivity index (χ4n) is 1.53. The van der Waals surface area contributed by atoms with Crippen LogP contribution in [0.3, 0.4) is 0 Å². The lowest BCUT2D eigenvalue weighted by molar-refractivity contribution is 0.0636. The normalized spacial score (nSPS) is 10.8. The Labute approximate surface area is 118 Å². The minimum Gasteiger partial charge on any atom is -0.496 e. The van der Waals surface area contributed by atoms with E-state index in [0.29, 0.717) is 17.0 Å². The standard InChI is InChI=1S/C14H20N2O4/c1-14(2,3)20-13(18)16-9-5-6-10(11(17)8-15)12(7-9)19-4/h5-7H,8,15H2,1-4H3,(H,16,18). The SMILES string of the molecule is COc1cc(NC(=O)OC(C)(C)C)ccc1C(=O)CN. The van der Waals surface area contributed by atoms with Crippen molar-refractivity contribution >= 4 is 17.6 Å². The Hall–Kier alpha value is -2.08. The van der Waals surface area contributed by atoms with Crippen molar-refractivity contribution in [1.29, 1.82) is 0 Å². The third-order valence-corrected chi connectivity index (χ3v) is 2.33. The number of ether oxygens (including phenoxy) is 2. The van der Waals surface area contributed by atoms with E-state index in [1.54, 1.807) is 39.0 Å². The molecule has 0 aliphatic heterocycles. The zero-order valence-electron chi connectivity index (χ0n) is 12.1. The molecule has 20 heavy (non-hydrogen) atoms. The smallest absolute Gasteiger partial charge is 0.412 e. The van der Waals surface area contributed by atoms with Crippen molar-refractivity contribution in [3.05, 3.63) is 23.8 Å². The van der Waals surface area contributed by atoms with E-state index in [-0.39, 0.29) is 12.3 Å². The molecule has 1 amide bonds. The summed E-state index contributed by atoms with van der Waals surface area (Å²) >= 11 is 0. The Morgan fingerprint density at radius 1 is 1.30 bits per heavy atom. The molecule has 1 aromatic rings. The van der Waals surface area contributed by atoms with Gasteiger partial charge in [-0.1, -0.05) is 0 Å². The molecule has 0 unspecified atom stereocenters. The minimum atomic E-state index is -0.580. The molecular weight excluding hydrogens is 260 g/mol. The van der Waals surface area contributed by atoms with Gasteiger partial charge in [-0.05, 0) is 32.9 Å². The van der Waals surface area contributed by atoms with E-state index in [1.165, 1.54) is 7.11 Å². The minimum absolute atomic E-state index is 0.102. The lowest BCUT2D eigenvalue weighted by Gasteiger charge is -2.20. The molecule has 0 saturated heterocycles. The Morgan fingerprint density at radius 2 is 1.95 bits per heavy atom. The number of hydrogen-bond donors (Lipinski definition) is 2. The van der Waals surface area contributed by atoms with E-state index in [9.17, 15) is 9.59 Å². The Bertz CT molecular complexity index is 506. The number of benzene rings is 1. The number of nitrogens with one attached hydrogen (secondary N) is 1. The molecule has 0 aromatic heterocycles. The molecule has 6 nitrogen and oxygen atoms in total. The molecule has 0 heterocycles. The number of Topliss-reactive ketones (excluding diaryl/α,β-unsaturated/α-hetero) is 1. The van der Waals surface area contributed by atoms with Crippen LogP contribution in [0.25, 0.3) is 0 Å². The third kappa shape index (κ3) is 4.55. The first kappa shape index (κ1) is 16.0. The van der Waals surface area contributed by atoms with Crippen molar-refractivity contribution in [3.8, 4) is 5.75 Å². The highest BCUT2D eigenvalue weighted by atomic mass is 16.6. The molecule has 0 aliphatic rings. The molecule has 0 aliphatic carbocycles. The van der Waals surface area contributed by atoms with Gasteiger partial charge in [0, 0.05) is 11.8 Å². The number of rotatable bonds is 4. The van der Waals surface area contributed by atoms with E-state index in [2.05, 4.69) is 5.32 Å². The summed E-state index contributed by atoms with van der Waals surface area (Å²) in [5, 5.41) is 2.57. The van der Waals surface area contributed by atoms with Crippen LogP contribution in [0.15, 0.2) is 18.2 Å². The van der Waals surface area contributed by atoms with Crippen LogP contribution >= 0.6 is 0 Å². The molecule has 3 N–H and O–H groups in total. The van der Waals surface area contributed by atoms with E-state index < -0.39 is 11.7 Å². The van der Waals surface area contributed by atoms with E-state index in [4.69, 9.17) is 15.2 Å². The van der Waals surface area contributed by atoms with Gasteiger partial charge in [0.15, 0.2) is 5.78 Å². The number of hydrogen-bond acceptors (Lipinski definition) is 5. The van der Waals surface area contributed by atoms with Crippen LogP contribution in [0, 0.1) is 0 Å². The predicted molar refractivity (Wildman–Crippen MR) is 76.2 cm³/mol. The second-order valence-corrected chi connectivity index (χ2v) is 5.17. The van der Waals surface area contributed by atoms with Gasteiger partial charge in [0.1, 0.15) is 11.4 Å². The first-order valence-electron chi connectivity index (χ1n) is 6.18. The van der Waals surface area contributed by atoms with Gasteiger partial charge < -0.3 is 15.2 Å². The van der Waals surface area contributed by atoms with Gasteiger partial charge in [-0.25, -0.2) is 4.79 Å². The first-order chi connectivity index (χ1) is 9.26. The van der Waals surface area contributed by atoms with Crippen molar-refractivity contribution < 1.29 is 19.1 Å². The van der Waals surface area contributed by atoms with Crippen LogP contribution in [0.4, 0.5) is 10.5 Å². The zero-order chi connectivity index (χ0) is 15.3. The van der Waals surface area contributed by atoms with E-state index in [0.717, 1.165) is 0 Å². The molecule has 1 aromatic carbocycles. The highest BCUT2D eigenvalue weighted by molar-refractivity contribution is 6.00. The van der Waals surface area contributed by atoms with Crippen LogP contribution in [-0.2, 0) is 4.74 Å². The summed E-state index contributed by atoms with van der Waals surface area (Å²) in [7, 11) is 1.44. The van der Waals surface area contributed by atoms with Gasteiger partial charge in [-0.3, -0.25) is 10.1 Å². The molecule has 0 bridgehead atoms. The second kappa shape index (κ2) is 6.38. The van der Waals surface area contributed by atoms with E-state index in [1.807, 2.05) is 0 Å². The fourth-order valence-corrected chi connectivity index (χ4v) is 1.53. The average molecular weight is 280 g/mol. The lowest BCUT2D eigenvalue weighted by Crippen LogP contribution is -2.27. The monoisotopic (exact) mass is 280 g/mol. The molecule has 0 atom stereocenters. The quantitative estimate of drug-likeness (QED) is 0.825. The molecule has 110 valence electrons. The van der Waals surface area contributed by atoms with Crippen LogP contribution in [0.1, 0.15) is 31.1 Å². The number of ketones is 1. The summed E-state index contributed by atoms with van der Waals surface area (Å²) in [5.74, 6) is 0.125. The van der Waals surface area contributed by atoms with Crippen molar-refractivity contribution in [2.75, 3.05) is 19.0 Å². The molecular formula is C14H20N2O4. The number of carbonyl (C=O) groups excluding carboxylic acids is 2. The Balaban J connectivity index is 2.88. The van der Waals surface area contributed by atoms with Gasteiger partial charge >= 0.3 is 6.09 Å². The second-order valence-electron chi connectivity index (χ2n) is 5.17. The highest BCUT2D eigenvalue weighted by Gasteiger charge is 2.17. The summed E-state index contributed by atoms with van der Waals surface area (Å²) in [6.45, 7) is 5.22. The summed E-state index contributed by atoms with van der Waals surface area (Å²) < 4.78 is 10.3. The van der Waals surface area contributed by atoms with Gasteiger partial charge in [0.25, 0.3) is 0 Å². The third-order valence-electron chi connectivity index (χ3n) is 2.33. The maximum absolute atomic E-state index is 11.6. The number of amides is 1. The van der Waals surface area contributed by atoms with Gasteiger partial charge in [-0.15, -0.1) is 0 Å². The average Bonchev–Trinajstić information content (AvgIpc) is 2.35. The van der Waals surface area contributed by atoms with Crippen LogP contribution in [0.5, 0.6) is 5.75 Å². The van der Waals surface area contributed by atoms with Crippen molar-refractivity contribution in [3.63, 3.8) is 0 Å². The highest BCUT2D eigenvalue weighted by Crippen LogP contribution is 2.24. The fraction of sp³-hybridized carbons (Fsp3) is 0.429. The molecule has 0 saturated carbocycles. The van der Waals surface area contributed by atoms with Crippen molar-refractivity contribution in [2.45, 2.75) is 26.4 Å². The van der Waals surface area contributed by atoms with Crippen LogP contribution in [-0.4, -0.2) is 31.1 Å². The van der Waals surface area contributed by atoms with Gasteiger partial charge in [0.05, 0.1) is 19.2 Å². The van der Waals surface area contributed by atoms with Crippen molar-refractivity contribution in [2.24, 2.45) is 5.73 Å². The molecule has 0 spiro atoms. The molecule has 6 heteroatoms. The summed E-state index contributed by atoms with van der Waals surface area (Å²) in [4.78, 5) is 23.2. The zero-order valence-corrected chi connectivity index (χ0v) is 12.1. The largest absolute Gasteiger partial charge is 0.496 e. The summed E-state index contributed by atoms with van der Waals surface area (Å²) in [6, 6.07) is 4.70. The van der Waals surface area contributed by atoms with E-state index >= 15 is 0 Å². The molecule has 1 rings (SSSR count). The summed E-state index contributed by atoms with van der Waals surface area (Å²) in [5.41, 5.74) is 5.60. The maximum atomic E-state index is 11.6. The lowest BCUT2D eigenvalue weighted by atomic mass is 10.1. The number of methoxy groups -OCH3 is 1. The predicted octanol–water partition coefficient (Wildman–Crippen LogP) is 2.18. The topological polar surface area (TPSA) is 90.6 Å². The molecule has 0 radical (unpaired) electrons. The number of nitrogens with two attached hydrogens (primary N) is 1. The molecule has 0 fully saturated rings. The van der Waals surface area contributed by atoms with Crippen molar-refractivity contribution in [1.82, 2.24) is 0 Å². The number of carbonyl (C=O) groups is 2. The van der Waals surface area contributed by atoms with Crippen LogP contribution in [0.2, 0.25) is 0 Å². The maximum Gasteiger partial charge on any atom is 0.412 e.